The largest absolute Gasteiger partial charge is 0.492 e. The van der Waals surface area contributed by atoms with Gasteiger partial charge < -0.3 is 20.5 Å². The normalized spacial score (nSPS) is 9.95. The number of ether oxygens (including phenoxy) is 2. The van der Waals surface area contributed by atoms with Crippen LogP contribution in [0.3, 0.4) is 0 Å². The number of carbonyl (C=O) groups excluding carboxylic acids is 1. The molecular formula is C15H17N3O3. The van der Waals surface area contributed by atoms with Crippen molar-refractivity contribution in [3.05, 3.63) is 48.2 Å². The molecule has 0 aliphatic carbocycles. The number of hydrogen-bond donors (Lipinski definition) is 2. The average molecular weight is 287 g/mol. The van der Waals surface area contributed by atoms with Crippen LogP contribution in [0.5, 0.6) is 5.75 Å². The van der Waals surface area contributed by atoms with E-state index < -0.39 is 5.97 Å². The van der Waals surface area contributed by atoms with E-state index in [1.807, 2.05) is 30.3 Å². The smallest absolute Gasteiger partial charge is 0.341 e. The first-order valence-corrected chi connectivity index (χ1v) is 6.46. The minimum Gasteiger partial charge on any atom is -0.492 e. The number of nitrogens with zero attached hydrogens (tertiary/aromatic N) is 1. The number of rotatable bonds is 6. The van der Waals surface area contributed by atoms with Gasteiger partial charge >= 0.3 is 5.97 Å². The first-order chi connectivity index (χ1) is 10.2. The summed E-state index contributed by atoms with van der Waals surface area (Å²) in [6.45, 7) is 0.937. The maximum atomic E-state index is 11.7. The SMILES string of the molecule is COC(=O)c1cc(N)cnc1NCCOc1ccccc1. The molecule has 6 heteroatoms. The topological polar surface area (TPSA) is 86.5 Å². The zero-order valence-corrected chi connectivity index (χ0v) is 11.7. The highest BCUT2D eigenvalue weighted by atomic mass is 16.5. The quantitative estimate of drug-likeness (QED) is 0.623. The molecule has 1 heterocycles. The Morgan fingerprint density at radius 1 is 1.33 bits per heavy atom. The molecule has 21 heavy (non-hydrogen) atoms. The molecule has 0 aliphatic rings. The van der Waals surface area contributed by atoms with E-state index in [1.165, 1.54) is 19.4 Å². The van der Waals surface area contributed by atoms with Gasteiger partial charge in [-0.1, -0.05) is 18.2 Å². The number of nitrogen functional groups attached to an aromatic ring is 1. The van der Waals surface area contributed by atoms with Gasteiger partial charge in [-0.2, -0.15) is 0 Å². The van der Waals surface area contributed by atoms with Crippen LogP contribution in [0.25, 0.3) is 0 Å². The summed E-state index contributed by atoms with van der Waals surface area (Å²) < 4.78 is 10.2. The summed E-state index contributed by atoms with van der Waals surface area (Å²) in [4.78, 5) is 15.8. The Morgan fingerprint density at radius 3 is 2.81 bits per heavy atom. The van der Waals surface area contributed by atoms with E-state index >= 15 is 0 Å². The molecule has 0 unspecified atom stereocenters. The fourth-order valence-corrected chi connectivity index (χ4v) is 1.74. The summed E-state index contributed by atoms with van der Waals surface area (Å²) >= 11 is 0. The Kier molecular flexibility index (Phi) is 4.98. The van der Waals surface area contributed by atoms with Crippen molar-refractivity contribution in [2.75, 3.05) is 31.3 Å². The molecule has 1 aromatic carbocycles. The highest BCUT2D eigenvalue weighted by Crippen LogP contribution is 2.16. The number of nitrogens with one attached hydrogen (secondary N) is 1. The van der Waals surface area contributed by atoms with Crippen LogP contribution in [0.4, 0.5) is 11.5 Å². The number of anilines is 2. The molecule has 0 aliphatic heterocycles. The third kappa shape index (κ3) is 4.10. The van der Waals surface area contributed by atoms with Gasteiger partial charge in [0.1, 0.15) is 23.7 Å². The summed E-state index contributed by atoms with van der Waals surface area (Å²) in [5.41, 5.74) is 6.34. The Morgan fingerprint density at radius 2 is 2.10 bits per heavy atom. The van der Waals surface area contributed by atoms with Crippen molar-refractivity contribution in [1.29, 1.82) is 0 Å². The van der Waals surface area contributed by atoms with Crippen molar-refractivity contribution in [1.82, 2.24) is 4.98 Å². The molecule has 110 valence electrons. The first kappa shape index (κ1) is 14.6. The Bertz CT molecular complexity index is 602. The Hall–Kier alpha value is -2.76. The summed E-state index contributed by atoms with van der Waals surface area (Å²) in [6, 6.07) is 11.0. The van der Waals surface area contributed by atoms with Crippen LogP contribution in [-0.2, 0) is 4.74 Å². The van der Waals surface area contributed by atoms with Gasteiger partial charge in [0.25, 0.3) is 0 Å². The molecule has 6 nitrogen and oxygen atoms in total. The Balaban J connectivity index is 1.92. The van der Waals surface area contributed by atoms with E-state index in [-0.39, 0.29) is 0 Å². The molecule has 0 saturated carbocycles. The predicted octanol–water partition coefficient (Wildman–Crippen LogP) is 1.94. The molecular weight excluding hydrogens is 270 g/mol. The van der Waals surface area contributed by atoms with Crippen molar-refractivity contribution < 1.29 is 14.3 Å². The molecule has 2 rings (SSSR count). The van der Waals surface area contributed by atoms with Crippen molar-refractivity contribution in [3.63, 3.8) is 0 Å². The summed E-state index contributed by atoms with van der Waals surface area (Å²) in [7, 11) is 1.31. The van der Waals surface area contributed by atoms with E-state index in [1.54, 1.807) is 0 Å². The predicted molar refractivity (Wildman–Crippen MR) is 80.4 cm³/mol. The highest BCUT2D eigenvalue weighted by molar-refractivity contribution is 5.95. The number of carbonyl (C=O) groups is 1. The van der Waals surface area contributed by atoms with Crippen molar-refractivity contribution >= 4 is 17.5 Å². The molecule has 3 N–H and O–H groups in total. The van der Waals surface area contributed by atoms with Crippen LogP contribution in [0.1, 0.15) is 10.4 Å². The molecule has 0 fully saturated rings. The summed E-state index contributed by atoms with van der Waals surface area (Å²) in [5, 5.41) is 3.03. The van der Waals surface area contributed by atoms with Gasteiger partial charge in [0.15, 0.2) is 0 Å². The van der Waals surface area contributed by atoms with E-state index in [4.69, 9.17) is 15.2 Å². The lowest BCUT2D eigenvalue weighted by atomic mass is 10.2. The molecule has 2 aromatic rings. The minimum absolute atomic E-state index is 0.303. The molecule has 0 radical (unpaired) electrons. The van der Waals surface area contributed by atoms with Crippen molar-refractivity contribution in [2.24, 2.45) is 0 Å². The number of methoxy groups -OCH3 is 1. The third-order valence-electron chi connectivity index (χ3n) is 2.72. The maximum absolute atomic E-state index is 11.7. The molecule has 1 aromatic heterocycles. The zero-order valence-electron chi connectivity index (χ0n) is 11.7. The lowest BCUT2D eigenvalue weighted by Gasteiger charge is -2.11. The monoisotopic (exact) mass is 287 g/mol. The number of esters is 1. The van der Waals surface area contributed by atoms with E-state index in [0.717, 1.165) is 5.75 Å². The number of nitrogens with two attached hydrogens (primary N) is 1. The molecule has 0 atom stereocenters. The van der Waals surface area contributed by atoms with Crippen LogP contribution in [0.15, 0.2) is 42.6 Å². The fourth-order valence-electron chi connectivity index (χ4n) is 1.74. The highest BCUT2D eigenvalue weighted by Gasteiger charge is 2.13. The van der Waals surface area contributed by atoms with Crippen molar-refractivity contribution in [3.8, 4) is 5.75 Å². The van der Waals surface area contributed by atoms with E-state index in [9.17, 15) is 4.79 Å². The minimum atomic E-state index is -0.485. The standard InChI is InChI=1S/C15H17N3O3/c1-20-15(19)13-9-11(16)10-18-14(13)17-7-8-21-12-5-3-2-4-6-12/h2-6,9-10H,7-8,16H2,1H3,(H,17,18). The molecule has 0 amide bonds. The second kappa shape index (κ2) is 7.14. The van der Waals surface area contributed by atoms with Gasteiger partial charge in [0, 0.05) is 0 Å². The van der Waals surface area contributed by atoms with Gasteiger partial charge in [0.2, 0.25) is 0 Å². The van der Waals surface area contributed by atoms with Crippen LogP contribution in [0, 0.1) is 0 Å². The van der Waals surface area contributed by atoms with Crippen LogP contribution >= 0.6 is 0 Å². The number of para-hydroxylation sites is 1. The van der Waals surface area contributed by atoms with E-state index in [0.29, 0.717) is 30.2 Å². The number of hydrogen-bond acceptors (Lipinski definition) is 6. The Labute approximate surface area is 122 Å². The fraction of sp³-hybridized carbons (Fsp3) is 0.200. The van der Waals surface area contributed by atoms with Gasteiger partial charge in [0.05, 0.1) is 25.5 Å². The molecule has 0 bridgehead atoms. The number of aromatic nitrogens is 1. The second-order valence-corrected chi connectivity index (χ2v) is 4.24. The van der Waals surface area contributed by atoms with Gasteiger partial charge in [-0.15, -0.1) is 0 Å². The second-order valence-electron chi connectivity index (χ2n) is 4.24. The van der Waals surface area contributed by atoms with Crippen LogP contribution in [-0.4, -0.2) is 31.2 Å². The maximum Gasteiger partial charge on any atom is 0.341 e. The van der Waals surface area contributed by atoms with Gasteiger partial charge in [-0.25, -0.2) is 9.78 Å². The third-order valence-corrected chi connectivity index (χ3v) is 2.72. The average Bonchev–Trinajstić information content (AvgIpc) is 2.53. The lowest BCUT2D eigenvalue weighted by Crippen LogP contribution is -2.16. The van der Waals surface area contributed by atoms with E-state index in [2.05, 4.69) is 10.3 Å². The van der Waals surface area contributed by atoms with Gasteiger partial charge in [-0.3, -0.25) is 0 Å². The number of pyridine rings is 1. The summed E-state index contributed by atoms with van der Waals surface area (Å²) in [5.74, 6) is 0.728. The molecule has 0 saturated heterocycles. The van der Waals surface area contributed by atoms with Crippen LogP contribution < -0.4 is 15.8 Å². The van der Waals surface area contributed by atoms with Gasteiger partial charge in [-0.05, 0) is 18.2 Å². The van der Waals surface area contributed by atoms with Crippen molar-refractivity contribution in [2.45, 2.75) is 0 Å². The zero-order chi connectivity index (χ0) is 15.1. The number of benzene rings is 1. The summed E-state index contributed by atoms with van der Waals surface area (Å²) in [6.07, 6.45) is 1.48. The first-order valence-electron chi connectivity index (χ1n) is 6.46. The molecule has 0 spiro atoms. The van der Waals surface area contributed by atoms with Crippen LogP contribution in [0.2, 0.25) is 0 Å². The lowest BCUT2D eigenvalue weighted by molar-refractivity contribution is 0.0601.